The van der Waals surface area contributed by atoms with Gasteiger partial charge in [0.1, 0.15) is 0 Å². The Morgan fingerprint density at radius 2 is 1.93 bits per heavy atom. The molecule has 0 aliphatic heterocycles. The number of hydrogen-bond acceptors (Lipinski definition) is 3. The van der Waals surface area contributed by atoms with E-state index in [2.05, 4.69) is 19.2 Å². The van der Waals surface area contributed by atoms with Gasteiger partial charge in [0.15, 0.2) is 9.84 Å². The lowest BCUT2D eigenvalue weighted by Gasteiger charge is -2.21. The van der Waals surface area contributed by atoms with Crippen LogP contribution in [0.3, 0.4) is 0 Å². The summed E-state index contributed by atoms with van der Waals surface area (Å²) in [6.07, 6.45) is 2.57. The SMILES string of the molecule is CCCS(=O)(=O)C1CCC(NCC)C1C. The Morgan fingerprint density at radius 1 is 1.27 bits per heavy atom. The molecule has 4 heteroatoms. The van der Waals surface area contributed by atoms with E-state index in [9.17, 15) is 8.42 Å². The molecule has 0 amide bonds. The van der Waals surface area contributed by atoms with Crippen LogP contribution in [0.25, 0.3) is 0 Å². The van der Waals surface area contributed by atoms with Crippen molar-refractivity contribution < 1.29 is 8.42 Å². The van der Waals surface area contributed by atoms with E-state index in [0.29, 0.717) is 11.8 Å². The minimum atomic E-state index is -2.85. The summed E-state index contributed by atoms with van der Waals surface area (Å²) >= 11 is 0. The lowest BCUT2D eigenvalue weighted by Crippen LogP contribution is -2.36. The second kappa shape index (κ2) is 5.30. The normalized spacial score (nSPS) is 32.1. The molecule has 3 nitrogen and oxygen atoms in total. The van der Waals surface area contributed by atoms with Crippen LogP contribution in [0, 0.1) is 5.92 Å². The largest absolute Gasteiger partial charge is 0.314 e. The molecule has 3 atom stereocenters. The average molecular weight is 233 g/mol. The van der Waals surface area contributed by atoms with Crippen molar-refractivity contribution in [2.45, 2.75) is 51.3 Å². The molecule has 15 heavy (non-hydrogen) atoms. The second-order valence-corrected chi connectivity index (χ2v) is 6.85. The van der Waals surface area contributed by atoms with Crippen LogP contribution >= 0.6 is 0 Å². The molecule has 0 aromatic heterocycles. The second-order valence-electron chi connectivity index (χ2n) is 4.51. The van der Waals surface area contributed by atoms with Crippen molar-refractivity contribution in [1.82, 2.24) is 5.32 Å². The molecular formula is C11H23NO2S. The highest BCUT2D eigenvalue weighted by molar-refractivity contribution is 7.92. The average Bonchev–Trinajstić information content (AvgIpc) is 2.49. The molecule has 90 valence electrons. The van der Waals surface area contributed by atoms with Crippen molar-refractivity contribution in [1.29, 1.82) is 0 Å². The molecule has 1 aliphatic carbocycles. The van der Waals surface area contributed by atoms with Gasteiger partial charge >= 0.3 is 0 Å². The van der Waals surface area contributed by atoms with Gasteiger partial charge in [0.05, 0.1) is 11.0 Å². The van der Waals surface area contributed by atoms with Crippen LogP contribution in [0.1, 0.15) is 40.0 Å². The van der Waals surface area contributed by atoms with E-state index in [1.165, 1.54) is 0 Å². The first-order valence-electron chi connectivity index (χ1n) is 5.97. The van der Waals surface area contributed by atoms with E-state index in [0.717, 1.165) is 25.8 Å². The van der Waals surface area contributed by atoms with Gasteiger partial charge in [0, 0.05) is 6.04 Å². The molecule has 1 N–H and O–H groups in total. The van der Waals surface area contributed by atoms with E-state index in [1.807, 2.05) is 6.92 Å². The Labute approximate surface area is 93.6 Å². The third kappa shape index (κ3) is 2.94. The first kappa shape index (κ1) is 13.0. The summed E-state index contributed by atoms with van der Waals surface area (Å²) in [6, 6.07) is 0.395. The molecule has 1 fully saturated rings. The number of rotatable bonds is 5. The monoisotopic (exact) mass is 233 g/mol. The molecule has 0 aromatic carbocycles. The molecule has 0 heterocycles. The summed E-state index contributed by atoms with van der Waals surface area (Å²) in [5.41, 5.74) is 0. The molecular weight excluding hydrogens is 210 g/mol. The minimum Gasteiger partial charge on any atom is -0.314 e. The molecule has 0 radical (unpaired) electrons. The fourth-order valence-electron chi connectivity index (χ4n) is 2.62. The molecule has 1 rings (SSSR count). The van der Waals surface area contributed by atoms with E-state index >= 15 is 0 Å². The summed E-state index contributed by atoms with van der Waals surface area (Å²) in [7, 11) is -2.85. The lowest BCUT2D eigenvalue weighted by molar-refractivity contribution is 0.433. The zero-order chi connectivity index (χ0) is 11.5. The standard InChI is InChI=1S/C11H23NO2S/c1-4-8-15(13,14)11-7-6-10(9(11)3)12-5-2/h9-12H,4-8H2,1-3H3. The minimum absolute atomic E-state index is 0.110. The molecule has 1 saturated carbocycles. The third-order valence-electron chi connectivity index (χ3n) is 3.40. The van der Waals surface area contributed by atoms with Gasteiger partial charge in [-0.2, -0.15) is 0 Å². The highest BCUT2D eigenvalue weighted by atomic mass is 32.2. The quantitative estimate of drug-likeness (QED) is 0.784. The molecule has 0 bridgehead atoms. The predicted octanol–water partition coefficient (Wildman–Crippen LogP) is 1.59. The van der Waals surface area contributed by atoms with Gasteiger partial charge in [-0.1, -0.05) is 20.8 Å². The third-order valence-corrected chi connectivity index (χ3v) is 5.96. The molecule has 0 aromatic rings. The highest BCUT2D eigenvalue weighted by Gasteiger charge is 2.39. The number of sulfone groups is 1. The van der Waals surface area contributed by atoms with Crippen LogP contribution in [-0.4, -0.2) is 32.0 Å². The van der Waals surface area contributed by atoms with E-state index in [1.54, 1.807) is 0 Å². The first-order chi connectivity index (χ1) is 7.03. The summed E-state index contributed by atoms with van der Waals surface area (Å²) in [4.78, 5) is 0. The first-order valence-corrected chi connectivity index (χ1v) is 7.69. The van der Waals surface area contributed by atoms with Crippen molar-refractivity contribution >= 4 is 9.84 Å². The van der Waals surface area contributed by atoms with Crippen molar-refractivity contribution in [2.24, 2.45) is 5.92 Å². The smallest absolute Gasteiger partial charge is 0.153 e. The van der Waals surface area contributed by atoms with Crippen molar-refractivity contribution in [3.05, 3.63) is 0 Å². The van der Waals surface area contributed by atoms with Gasteiger partial charge in [-0.25, -0.2) is 8.42 Å². The maximum atomic E-state index is 12.0. The van der Waals surface area contributed by atoms with E-state index < -0.39 is 9.84 Å². The maximum absolute atomic E-state index is 12.0. The molecule has 3 unspecified atom stereocenters. The zero-order valence-electron chi connectivity index (χ0n) is 9.99. The highest BCUT2D eigenvalue weighted by Crippen LogP contribution is 2.31. The summed E-state index contributed by atoms with van der Waals surface area (Å²) < 4.78 is 23.9. The van der Waals surface area contributed by atoms with Gasteiger partial charge in [0.25, 0.3) is 0 Å². The topological polar surface area (TPSA) is 46.2 Å². The fraction of sp³-hybridized carbons (Fsp3) is 1.00. The number of nitrogens with one attached hydrogen (secondary N) is 1. The van der Waals surface area contributed by atoms with Crippen molar-refractivity contribution in [3.63, 3.8) is 0 Å². The summed E-state index contributed by atoms with van der Waals surface area (Å²) in [5.74, 6) is 0.613. The molecule has 0 saturated heterocycles. The van der Waals surface area contributed by atoms with Crippen molar-refractivity contribution in [3.8, 4) is 0 Å². The Balaban J connectivity index is 2.66. The van der Waals surface area contributed by atoms with Crippen LogP contribution in [0.4, 0.5) is 0 Å². The van der Waals surface area contributed by atoms with Crippen LogP contribution in [0.5, 0.6) is 0 Å². The Bertz CT molecular complexity index is 287. The lowest BCUT2D eigenvalue weighted by atomic mass is 10.1. The molecule has 0 spiro atoms. The Hall–Kier alpha value is -0.0900. The van der Waals surface area contributed by atoms with Gasteiger partial charge in [-0.15, -0.1) is 0 Å². The molecule has 1 aliphatic rings. The Kier molecular flexibility index (Phi) is 4.59. The van der Waals surface area contributed by atoms with Gasteiger partial charge < -0.3 is 5.32 Å². The van der Waals surface area contributed by atoms with Gasteiger partial charge in [0.2, 0.25) is 0 Å². The Morgan fingerprint density at radius 3 is 2.47 bits per heavy atom. The fourth-order valence-corrected chi connectivity index (χ4v) is 4.83. The summed E-state index contributed by atoms with van der Waals surface area (Å²) in [6.45, 7) is 6.99. The predicted molar refractivity (Wildman–Crippen MR) is 63.7 cm³/mol. The van der Waals surface area contributed by atoms with Gasteiger partial charge in [-0.05, 0) is 31.7 Å². The van der Waals surface area contributed by atoms with Crippen LogP contribution in [0.15, 0.2) is 0 Å². The van der Waals surface area contributed by atoms with Gasteiger partial charge in [-0.3, -0.25) is 0 Å². The van der Waals surface area contributed by atoms with Crippen LogP contribution in [-0.2, 0) is 9.84 Å². The van der Waals surface area contributed by atoms with Crippen molar-refractivity contribution in [2.75, 3.05) is 12.3 Å². The summed E-state index contributed by atoms with van der Waals surface area (Å²) in [5, 5.41) is 3.26. The van der Waals surface area contributed by atoms with E-state index in [4.69, 9.17) is 0 Å². The van der Waals surface area contributed by atoms with Crippen LogP contribution in [0.2, 0.25) is 0 Å². The number of hydrogen-bond donors (Lipinski definition) is 1. The zero-order valence-corrected chi connectivity index (χ0v) is 10.8. The maximum Gasteiger partial charge on any atom is 0.153 e. The van der Waals surface area contributed by atoms with Crippen LogP contribution < -0.4 is 5.32 Å². The van der Waals surface area contributed by atoms with E-state index in [-0.39, 0.29) is 11.2 Å².